The third-order valence-electron chi connectivity index (χ3n) is 2.70. The molecule has 0 aliphatic carbocycles. The minimum absolute atomic E-state index is 0.0597. The number of nitrogens with zero attached hydrogens (tertiary/aromatic N) is 1. The van der Waals surface area contributed by atoms with E-state index in [1.165, 1.54) is 0 Å². The molecule has 0 bridgehead atoms. The monoisotopic (exact) mass is 210 g/mol. The summed E-state index contributed by atoms with van der Waals surface area (Å²) in [5.41, 5.74) is 2.62. The Morgan fingerprint density at radius 2 is 1.94 bits per heavy atom. The van der Waals surface area contributed by atoms with E-state index in [-0.39, 0.29) is 5.56 Å². The molecule has 0 amide bonds. The second-order valence-corrected chi connectivity index (χ2v) is 3.91. The van der Waals surface area contributed by atoms with Gasteiger partial charge < -0.3 is 4.98 Å². The van der Waals surface area contributed by atoms with Crippen LogP contribution in [-0.2, 0) is 0 Å². The molecule has 0 radical (unpaired) electrons. The normalized spacial score (nSPS) is 11.1. The van der Waals surface area contributed by atoms with E-state index >= 15 is 0 Å². The van der Waals surface area contributed by atoms with Gasteiger partial charge in [-0.1, -0.05) is 18.2 Å². The van der Waals surface area contributed by atoms with Crippen LogP contribution in [0.5, 0.6) is 0 Å². The van der Waals surface area contributed by atoms with Gasteiger partial charge in [-0.15, -0.1) is 0 Å². The lowest BCUT2D eigenvalue weighted by molar-refractivity contribution is 1.28. The van der Waals surface area contributed by atoms with Crippen molar-refractivity contribution in [2.24, 2.45) is 0 Å². The van der Waals surface area contributed by atoms with Crippen LogP contribution in [0.4, 0.5) is 0 Å². The fourth-order valence-corrected chi connectivity index (χ4v) is 1.96. The molecule has 78 valence electrons. The molecule has 0 unspecified atom stereocenters. The van der Waals surface area contributed by atoms with E-state index in [0.717, 1.165) is 22.0 Å². The lowest BCUT2D eigenvalue weighted by Gasteiger charge is -2.02. The average molecular weight is 210 g/mol. The number of hydrogen-bond donors (Lipinski definition) is 1. The van der Waals surface area contributed by atoms with Gasteiger partial charge in [0.05, 0.1) is 11.0 Å². The highest BCUT2D eigenvalue weighted by atomic mass is 16.1. The van der Waals surface area contributed by atoms with Gasteiger partial charge in [0.2, 0.25) is 0 Å². The Labute approximate surface area is 91.8 Å². The summed E-state index contributed by atoms with van der Waals surface area (Å²) in [7, 11) is 0. The van der Waals surface area contributed by atoms with Gasteiger partial charge in [0.25, 0.3) is 5.56 Å². The minimum Gasteiger partial charge on any atom is -0.320 e. The van der Waals surface area contributed by atoms with Crippen molar-refractivity contribution in [3.63, 3.8) is 0 Å². The molecule has 1 aromatic carbocycles. The maximum Gasteiger partial charge on any atom is 0.256 e. The van der Waals surface area contributed by atoms with Crippen LogP contribution >= 0.6 is 0 Å². The Kier molecular flexibility index (Phi) is 1.80. The number of aromatic amines is 1. The molecule has 3 aromatic rings. The topological polar surface area (TPSA) is 45.8 Å². The van der Waals surface area contributed by atoms with E-state index in [2.05, 4.69) is 9.97 Å². The molecule has 0 fully saturated rings. The molecule has 3 rings (SSSR count). The lowest BCUT2D eigenvalue weighted by Crippen LogP contribution is -2.06. The van der Waals surface area contributed by atoms with Crippen LogP contribution in [0.25, 0.3) is 21.8 Å². The molecule has 0 aliphatic rings. The molecule has 0 atom stereocenters. The molecular formula is C13H10N2O. The van der Waals surface area contributed by atoms with Gasteiger partial charge in [-0.2, -0.15) is 0 Å². The predicted molar refractivity (Wildman–Crippen MR) is 64.6 cm³/mol. The third kappa shape index (κ3) is 1.21. The van der Waals surface area contributed by atoms with Crippen molar-refractivity contribution in [1.82, 2.24) is 9.97 Å². The standard InChI is InChI=1S/C13H10N2O/c1-8-6-11-12(14-7-8)9-4-2-3-5-10(9)13(16)15-11/h2-7H,1H3,(H,15,16). The zero-order valence-corrected chi connectivity index (χ0v) is 8.82. The molecule has 3 nitrogen and oxygen atoms in total. The van der Waals surface area contributed by atoms with Gasteiger partial charge in [0, 0.05) is 17.0 Å². The van der Waals surface area contributed by atoms with Crippen LogP contribution in [0.1, 0.15) is 5.56 Å². The van der Waals surface area contributed by atoms with Crippen molar-refractivity contribution in [2.45, 2.75) is 6.92 Å². The highest BCUT2D eigenvalue weighted by molar-refractivity contribution is 6.02. The van der Waals surface area contributed by atoms with Crippen LogP contribution in [0, 0.1) is 6.92 Å². The largest absolute Gasteiger partial charge is 0.320 e. The third-order valence-corrected chi connectivity index (χ3v) is 2.70. The zero-order valence-electron chi connectivity index (χ0n) is 8.82. The van der Waals surface area contributed by atoms with Crippen molar-refractivity contribution in [1.29, 1.82) is 0 Å². The van der Waals surface area contributed by atoms with Crippen LogP contribution in [0.2, 0.25) is 0 Å². The Morgan fingerprint density at radius 3 is 2.75 bits per heavy atom. The molecule has 0 aliphatic heterocycles. The highest BCUT2D eigenvalue weighted by Crippen LogP contribution is 2.18. The van der Waals surface area contributed by atoms with Gasteiger partial charge in [-0.25, -0.2) is 0 Å². The second-order valence-electron chi connectivity index (χ2n) is 3.91. The van der Waals surface area contributed by atoms with E-state index in [4.69, 9.17) is 0 Å². The van der Waals surface area contributed by atoms with Crippen LogP contribution in [0.3, 0.4) is 0 Å². The summed E-state index contributed by atoms with van der Waals surface area (Å²) in [4.78, 5) is 19.1. The molecule has 0 saturated heterocycles. The van der Waals surface area contributed by atoms with Crippen LogP contribution < -0.4 is 5.56 Å². The summed E-state index contributed by atoms with van der Waals surface area (Å²) in [5.74, 6) is 0. The summed E-state index contributed by atoms with van der Waals surface area (Å²) in [6.07, 6.45) is 1.81. The van der Waals surface area contributed by atoms with Crippen molar-refractivity contribution >= 4 is 21.8 Å². The number of fused-ring (bicyclic) bond motifs is 3. The van der Waals surface area contributed by atoms with Gasteiger partial charge in [-0.3, -0.25) is 9.78 Å². The van der Waals surface area contributed by atoms with E-state index in [1.54, 1.807) is 0 Å². The van der Waals surface area contributed by atoms with Gasteiger partial charge in [0.1, 0.15) is 0 Å². The summed E-state index contributed by atoms with van der Waals surface area (Å²) in [6.45, 7) is 1.96. The summed E-state index contributed by atoms with van der Waals surface area (Å²) >= 11 is 0. The van der Waals surface area contributed by atoms with Crippen molar-refractivity contribution in [3.8, 4) is 0 Å². The first-order valence-electron chi connectivity index (χ1n) is 5.13. The van der Waals surface area contributed by atoms with Crippen LogP contribution in [0.15, 0.2) is 41.3 Å². The van der Waals surface area contributed by atoms with Gasteiger partial charge in [0.15, 0.2) is 0 Å². The second kappa shape index (κ2) is 3.17. The Balaban J connectivity index is 2.64. The smallest absolute Gasteiger partial charge is 0.256 e. The quantitative estimate of drug-likeness (QED) is 0.579. The molecule has 3 heteroatoms. The SMILES string of the molecule is Cc1cnc2c(c1)[nH]c(=O)c1ccccc12. The summed E-state index contributed by atoms with van der Waals surface area (Å²) in [5, 5.41) is 1.59. The zero-order chi connectivity index (χ0) is 11.1. The molecule has 1 N–H and O–H groups in total. The molecule has 0 spiro atoms. The number of aromatic nitrogens is 2. The number of pyridine rings is 2. The fraction of sp³-hybridized carbons (Fsp3) is 0.0769. The van der Waals surface area contributed by atoms with E-state index in [9.17, 15) is 4.79 Å². The maximum atomic E-state index is 11.8. The van der Waals surface area contributed by atoms with E-state index in [1.807, 2.05) is 43.5 Å². The van der Waals surface area contributed by atoms with Crippen molar-refractivity contribution < 1.29 is 0 Å². The average Bonchev–Trinajstić information content (AvgIpc) is 2.29. The number of H-pyrrole nitrogens is 1. The molecular weight excluding hydrogens is 200 g/mol. The van der Waals surface area contributed by atoms with E-state index < -0.39 is 0 Å². The Morgan fingerprint density at radius 1 is 1.19 bits per heavy atom. The molecule has 2 aromatic heterocycles. The first-order chi connectivity index (χ1) is 7.75. The van der Waals surface area contributed by atoms with Gasteiger partial charge >= 0.3 is 0 Å². The molecule has 0 saturated carbocycles. The van der Waals surface area contributed by atoms with Crippen molar-refractivity contribution in [2.75, 3.05) is 0 Å². The first-order valence-corrected chi connectivity index (χ1v) is 5.13. The van der Waals surface area contributed by atoms with Gasteiger partial charge in [-0.05, 0) is 24.6 Å². The summed E-state index contributed by atoms with van der Waals surface area (Å²) < 4.78 is 0. The van der Waals surface area contributed by atoms with Crippen LogP contribution in [-0.4, -0.2) is 9.97 Å². The highest BCUT2D eigenvalue weighted by Gasteiger charge is 2.04. The minimum atomic E-state index is -0.0597. The summed E-state index contributed by atoms with van der Waals surface area (Å²) in [6, 6.07) is 9.46. The predicted octanol–water partition coefficient (Wildman–Crippen LogP) is 2.38. The number of rotatable bonds is 0. The number of nitrogens with one attached hydrogen (secondary N) is 1. The van der Waals surface area contributed by atoms with E-state index in [0.29, 0.717) is 5.39 Å². The molecule has 16 heavy (non-hydrogen) atoms. The fourth-order valence-electron chi connectivity index (χ4n) is 1.96. The number of hydrogen-bond acceptors (Lipinski definition) is 2. The Hall–Kier alpha value is -2.16. The lowest BCUT2D eigenvalue weighted by atomic mass is 10.1. The van der Waals surface area contributed by atoms with Crippen molar-refractivity contribution in [3.05, 3.63) is 52.4 Å². The molecule has 2 heterocycles. The Bertz CT molecular complexity index is 744. The number of benzene rings is 1. The maximum absolute atomic E-state index is 11.8. The number of aryl methyl sites for hydroxylation is 1. The first kappa shape index (κ1) is 9.09.